The van der Waals surface area contributed by atoms with Crippen molar-refractivity contribution in [1.82, 2.24) is 0 Å². The number of benzene rings is 1. The topological polar surface area (TPSA) is 24.1 Å². The summed E-state index contributed by atoms with van der Waals surface area (Å²) in [6, 6.07) is 8.24. The minimum Gasteiger partial charge on any atom is -0.388 e. The zero-order valence-corrected chi connectivity index (χ0v) is 7.02. The summed E-state index contributed by atoms with van der Waals surface area (Å²) in [6.07, 6.45) is 0. The van der Waals surface area contributed by atoms with E-state index in [4.69, 9.17) is 0 Å². The van der Waals surface area contributed by atoms with E-state index in [0.29, 0.717) is 0 Å². The molecule has 2 N–H and O–H groups in total. The van der Waals surface area contributed by atoms with E-state index >= 15 is 0 Å². The third-order valence-electron chi connectivity index (χ3n) is 1.55. The maximum Gasteiger partial charge on any atom is 0.0341 e. The van der Waals surface area contributed by atoms with Crippen LogP contribution in [0.5, 0.6) is 0 Å². The molecule has 2 heteroatoms. The third kappa shape index (κ3) is 2.15. The van der Waals surface area contributed by atoms with Crippen molar-refractivity contribution >= 4 is 11.4 Å². The molecule has 0 unspecified atom stereocenters. The Morgan fingerprint density at radius 1 is 1.09 bits per heavy atom. The molecular formula is C9H14N2. The van der Waals surface area contributed by atoms with Crippen molar-refractivity contribution in [2.75, 3.05) is 24.2 Å². The second-order valence-electron chi connectivity index (χ2n) is 2.36. The lowest BCUT2D eigenvalue weighted by Crippen LogP contribution is -1.96. The predicted octanol–water partition coefficient (Wildman–Crippen LogP) is 2.16. The highest BCUT2D eigenvalue weighted by atomic mass is 14.9. The average Bonchev–Trinajstić information content (AvgIpc) is 2.07. The van der Waals surface area contributed by atoms with E-state index < -0.39 is 0 Å². The molecule has 0 bridgehead atoms. The van der Waals surface area contributed by atoms with Gasteiger partial charge in [-0.15, -0.1) is 0 Å². The van der Waals surface area contributed by atoms with Gasteiger partial charge < -0.3 is 10.6 Å². The molecule has 0 aliphatic rings. The van der Waals surface area contributed by atoms with Gasteiger partial charge >= 0.3 is 0 Å². The van der Waals surface area contributed by atoms with Crippen LogP contribution in [0.4, 0.5) is 11.4 Å². The molecule has 0 atom stereocenters. The summed E-state index contributed by atoms with van der Waals surface area (Å²) < 4.78 is 0. The number of hydrogen-bond acceptors (Lipinski definition) is 2. The molecule has 0 saturated heterocycles. The van der Waals surface area contributed by atoms with Crippen molar-refractivity contribution in [1.29, 1.82) is 0 Å². The van der Waals surface area contributed by atoms with Crippen LogP contribution in [0.15, 0.2) is 24.3 Å². The van der Waals surface area contributed by atoms with Crippen molar-refractivity contribution in [3.05, 3.63) is 24.3 Å². The molecule has 60 valence electrons. The van der Waals surface area contributed by atoms with Crippen molar-refractivity contribution in [2.45, 2.75) is 6.92 Å². The van der Waals surface area contributed by atoms with Crippen LogP contribution in [-0.2, 0) is 0 Å². The Morgan fingerprint density at radius 3 is 2.09 bits per heavy atom. The van der Waals surface area contributed by atoms with Crippen LogP contribution in [0.3, 0.4) is 0 Å². The standard InChI is InChI=1S/C9H14N2/c1-3-11-9-6-4-8(10-2)5-7-9/h4-7,10-11H,3H2,1-2H3. The molecule has 0 fully saturated rings. The normalized spacial score (nSPS) is 9.27. The lowest BCUT2D eigenvalue weighted by atomic mass is 10.3. The summed E-state index contributed by atoms with van der Waals surface area (Å²) in [7, 11) is 1.92. The van der Waals surface area contributed by atoms with E-state index in [1.54, 1.807) is 0 Å². The van der Waals surface area contributed by atoms with Gasteiger partial charge in [-0.3, -0.25) is 0 Å². The first-order valence-corrected chi connectivity index (χ1v) is 3.88. The zero-order chi connectivity index (χ0) is 8.10. The molecule has 0 aliphatic carbocycles. The Labute approximate surface area is 67.6 Å². The first-order chi connectivity index (χ1) is 5.36. The van der Waals surface area contributed by atoms with Crippen LogP contribution < -0.4 is 10.6 Å². The minimum absolute atomic E-state index is 0.971. The lowest BCUT2D eigenvalue weighted by molar-refractivity contribution is 1.21. The average molecular weight is 150 g/mol. The Bertz CT molecular complexity index is 203. The SMILES string of the molecule is CCNc1ccc(NC)cc1. The first kappa shape index (κ1) is 7.92. The van der Waals surface area contributed by atoms with E-state index in [2.05, 4.69) is 41.8 Å². The van der Waals surface area contributed by atoms with E-state index in [-0.39, 0.29) is 0 Å². The maximum absolute atomic E-state index is 3.23. The van der Waals surface area contributed by atoms with Gasteiger partial charge in [0.15, 0.2) is 0 Å². The second-order valence-corrected chi connectivity index (χ2v) is 2.36. The number of rotatable bonds is 3. The summed E-state index contributed by atoms with van der Waals surface area (Å²) in [5.74, 6) is 0. The largest absolute Gasteiger partial charge is 0.388 e. The highest BCUT2D eigenvalue weighted by molar-refractivity contribution is 5.53. The molecule has 0 amide bonds. The molecule has 1 aromatic carbocycles. The van der Waals surface area contributed by atoms with Gasteiger partial charge in [0.1, 0.15) is 0 Å². The van der Waals surface area contributed by atoms with Crippen molar-refractivity contribution in [2.24, 2.45) is 0 Å². The number of hydrogen-bond donors (Lipinski definition) is 2. The van der Waals surface area contributed by atoms with Crippen molar-refractivity contribution in [3.63, 3.8) is 0 Å². The van der Waals surface area contributed by atoms with Gasteiger partial charge in [-0.05, 0) is 31.2 Å². The van der Waals surface area contributed by atoms with Crippen molar-refractivity contribution < 1.29 is 0 Å². The second kappa shape index (κ2) is 3.86. The highest BCUT2D eigenvalue weighted by Gasteiger charge is 1.88. The quantitative estimate of drug-likeness (QED) is 0.690. The summed E-state index contributed by atoms with van der Waals surface area (Å²) in [4.78, 5) is 0. The molecule has 0 aromatic heterocycles. The molecule has 0 saturated carbocycles. The molecule has 1 rings (SSSR count). The minimum atomic E-state index is 0.971. The highest BCUT2D eigenvalue weighted by Crippen LogP contribution is 2.11. The predicted molar refractivity (Wildman–Crippen MR) is 50.2 cm³/mol. The van der Waals surface area contributed by atoms with E-state index in [1.807, 2.05) is 7.05 Å². The molecule has 2 nitrogen and oxygen atoms in total. The molecule has 0 radical (unpaired) electrons. The van der Waals surface area contributed by atoms with Gasteiger partial charge in [0.25, 0.3) is 0 Å². The van der Waals surface area contributed by atoms with Crippen LogP contribution in [0.25, 0.3) is 0 Å². The number of nitrogens with one attached hydrogen (secondary N) is 2. The van der Waals surface area contributed by atoms with Gasteiger partial charge in [0.2, 0.25) is 0 Å². The fraction of sp³-hybridized carbons (Fsp3) is 0.333. The summed E-state index contributed by atoms with van der Waals surface area (Å²) in [5, 5.41) is 6.30. The van der Waals surface area contributed by atoms with Gasteiger partial charge in [0, 0.05) is 25.0 Å². The van der Waals surface area contributed by atoms with Crippen LogP contribution in [-0.4, -0.2) is 13.6 Å². The monoisotopic (exact) mass is 150 g/mol. The van der Waals surface area contributed by atoms with E-state index in [9.17, 15) is 0 Å². The maximum atomic E-state index is 3.23. The fourth-order valence-corrected chi connectivity index (χ4v) is 0.959. The van der Waals surface area contributed by atoms with Crippen molar-refractivity contribution in [3.8, 4) is 0 Å². The van der Waals surface area contributed by atoms with Crippen LogP contribution in [0.2, 0.25) is 0 Å². The smallest absolute Gasteiger partial charge is 0.0341 e. The summed E-state index contributed by atoms with van der Waals surface area (Å²) in [5.41, 5.74) is 2.32. The molecule has 11 heavy (non-hydrogen) atoms. The van der Waals surface area contributed by atoms with Crippen LogP contribution in [0, 0.1) is 0 Å². The summed E-state index contributed by atoms with van der Waals surface area (Å²) in [6.45, 7) is 3.06. The van der Waals surface area contributed by atoms with E-state index in [0.717, 1.165) is 12.2 Å². The Kier molecular flexibility index (Phi) is 2.78. The van der Waals surface area contributed by atoms with Crippen LogP contribution in [0.1, 0.15) is 6.92 Å². The Balaban J connectivity index is 2.66. The Hall–Kier alpha value is -1.18. The van der Waals surface area contributed by atoms with Gasteiger partial charge in [-0.1, -0.05) is 0 Å². The molecule has 0 aliphatic heterocycles. The Morgan fingerprint density at radius 2 is 1.64 bits per heavy atom. The van der Waals surface area contributed by atoms with E-state index in [1.165, 1.54) is 5.69 Å². The van der Waals surface area contributed by atoms with Gasteiger partial charge in [0.05, 0.1) is 0 Å². The molecular weight excluding hydrogens is 136 g/mol. The van der Waals surface area contributed by atoms with Gasteiger partial charge in [-0.25, -0.2) is 0 Å². The van der Waals surface area contributed by atoms with Gasteiger partial charge in [-0.2, -0.15) is 0 Å². The van der Waals surface area contributed by atoms with Crippen LogP contribution >= 0.6 is 0 Å². The number of anilines is 2. The molecule has 0 spiro atoms. The zero-order valence-electron chi connectivity index (χ0n) is 7.02. The molecule has 0 heterocycles. The summed E-state index contributed by atoms with van der Waals surface area (Å²) >= 11 is 0. The fourth-order valence-electron chi connectivity index (χ4n) is 0.959. The third-order valence-corrected chi connectivity index (χ3v) is 1.55. The lowest BCUT2D eigenvalue weighted by Gasteiger charge is -2.03. The first-order valence-electron chi connectivity index (χ1n) is 3.88. The molecule has 1 aromatic rings.